The third-order valence-corrected chi connectivity index (χ3v) is 2.90. The van der Waals surface area contributed by atoms with Crippen LogP contribution in [0.25, 0.3) is 0 Å². The number of carbonyl (C=O) groups excluding carboxylic acids is 1. The third-order valence-electron chi connectivity index (χ3n) is 2.90. The third kappa shape index (κ3) is 2.78. The van der Waals surface area contributed by atoms with E-state index >= 15 is 0 Å². The van der Waals surface area contributed by atoms with Crippen LogP contribution < -0.4 is 0 Å². The molecule has 0 bridgehead atoms. The zero-order valence-electron chi connectivity index (χ0n) is 10.5. The van der Waals surface area contributed by atoms with Gasteiger partial charge in [-0.15, -0.1) is 0 Å². The fraction of sp³-hybridized carbons (Fsp3) is 0.500. The Balaban J connectivity index is 2.37. The Hall–Kier alpha value is -1.51. The Labute approximate surface area is 102 Å². The fourth-order valence-corrected chi connectivity index (χ4v) is 2.02. The smallest absolute Gasteiger partial charge is 0.342 e. The highest BCUT2D eigenvalue weighted by Crippen LogP contribution is 2.24. The molecule has 3 heteroatoms. The van der Waals surface area contributed by atoms with Gasteiger partial charge in [-0.1, -0.05) is 19.1 Å². The van der Waals surface area contributed by atoms with Gasteiger partial charge in [0.2, 0.25) is 0 Å². The first-order chi connectivity index (χ1) is 8.06. The molecule has 0 N–H and O–H groups in total. The number of cyclic esters (lactones) is 1. The molecule has 0 saturated carbocycles. The molecule has 92 valence electrons. The molecule has 0 spiro atoms. The minimum absolute atomic E-state index is 0.0505. The number of hydrogen-bond donors (Lipinski definition) is 0. The van der Waals surface area contributed by atoms with Crippen molar-refractivity contribution >= 4 is 5.97 Å². The highest BCUT2D eigenvalue weighted by Gasteiger charge is 2.24. The molecular weight excluding hydrogens is 216 g/mol. The maximum absolute atomic E-state index is 11.9. The summed E-state index contributed by atoms with van der Waals surface area (Å²) in [7, 11) is 0. The standard InChI is InChI=1S/C14H18O3/c1-9-4-6-12-13(7-5-9)16-10(2)8-11(3)17-14(12)15/h4-7,9-11H,8H2,1-3H3/t9?,10-,11+/m0/s1. The molecule has 0 aromatic heterocycles. The van der Waals surface area contributed by atoms with E-state index < -0.39 is 0 Å². The zero-order valence-corrected chi connectivity index (χ0v) is 10.5. The minimum Gasteiger partial charge on any atom is -0.490 e. The summed E-state index contributed by atoms with van der Waals surface area (Å²) in [5.74, 6) is 0.622. The van der Waals surface area contributed by atoms with E-state index in [-0.39, 0.29) is 18.2 Å². The largest absolute Gasteiger partial charge is 0.490 e. The summed E-state index contributed by atoms with van der Waals surface area (Å²) < 4.78 is 11.2. The Bertz CT molecular complexity index is 404. The summed E-state index contributed by atoms with van der Waals surface area (Å²) in [6.07, 6.45) is 8.32. The van der Waals surface area contributed by atoms with E-state index in [0.29, 0.717) is 17.3 Å². The maximum Gasteiger partial charge on any atom is 0.342 e. The Morgan fingerprint density at radius 1 is 1.06 bits per heavy atom. The van der Waals surface area contributed by atoms with Gasteiger partial charge in [-0.25, -0.2) is 4.79 Å². The predicted octanol–water partition coefficient (Wildman–Crippen LogP) is 2.74. The molecular formula is C14H18O3. The van der Waals surface area contributed by atoms with Gasteiger partial charge < -0.3 is 9.47 Å². The fourth-order valence-electron chi connectivity index (χ4n) is 2.02. The molecule has 0 aromatic rings. The van der Waals surface area contributed by atoms with Crippen molar-refractivity contribution in [2.24, 2.45) is 5.92 Å². The number of ether oxygens (including phenoxy) is 2. The number of esters is 1. The van der Waals surface area contributed by atoms with Gasteiger partial charge in [-0.05, 0) is 31.9 Å². The van der Waals surface area contributed by atoms with Gasteiger partial charge in [0.05, 0.1) is 6.10 Å². The van der Waals surface area contributed by atoms with Crippen molar-refractivity contribution in [1.29, 1.82) is 0 Å². The first-order valence-electron chi connectivity index (χ1n) is 6.04. The van der Waals surface area contributed by atoms with Crippen LogP contribution in [0.3, 0.4) is 0 Å². The lowest BCUT2D eigenvalue weighted by Gasteiger charge is -2.24. The lowest BCUT2D eigenvalue weighted by Crippen LogP contribution is -2.26. The van der Waals surface area contributed by atoms with Crippen LogP contribution >= 0.6 is 0 Å². The van der Waals surface area contributed by atoms with Gasteiger partial charge in [0, 0.05) is 6.42 Å². The summed E-state index contributed by atoms with van der Waals surface area (Å²) >= 11 is 0. The van der Waals surface area contributed by atoms with E-state index in [2.05, 4.69) is 6.92 Å². The molecule has 1 heterocycles. The summed E-state index contributed by atoms with van der Waals surface area (Å²) in [6.45, 7) is 5.94. The molecule has 3 atom stereocenters. The summed E-state index contributed by atoms with van der Waals surface area (Å²) in [6, 6.07) is 0. The highest BCUT2D eigenvalue weighted by atomic mass is 16.6. The van der Waals surface area contributed by atoms with Crippen molar-refractivity contribution in [1.82, 2.24) is 0 Å². The number of hydrogen-bond acceptors (Lipinski definition) is 3. The first-order valence-corrected chi connectivity index (χ1v) is 6.04. The average molecular weight is 234 g/mol. The van der Waals surface area contributed by atoms with Gasteiger partial charge in [0.25, 0.3) is 0 Å². The SMILES string of the molecule is CC1C=CC2=C(C=C1)C(=O)O[C@H](C)C[C@H](C)O2. The molecule has 0 radical (unpaired) electrons. The maximum atomic E-state index is 11.9. The van der Waals surface area contributed by atoms with Crippen molar-refractivity contribution < 1.29 is 14.3 Å². The topological polar surface area (TPSA) is 35.5 Å². The molecule has 0 fully saturated rings. The zero-order chi connectivity index (χ0) is 12.4. The molecule has 2 rings (SSSR count). The average Bonchev–Trinajstić information content (AvgIpc) is 2.39. The number of carbonyl (C=O) groups is 1. The Kier molecular flexibility index (Phi) is 3.36. The summed E-state index contributed by atoms with van der Waals surface area (Å²) in [5.41, 5.74) is 0.518. The van der Waals surface area contributed by atoms with Crippen LogP contribution in [0.2, 0.25) is 0 Å². The van der Waals surface area contributed by atoms with Crippen LogP contribution in [0.4, 0.5) is 0 Å². The van der Waals surface area contributed by atoms with Crippen LogP contribution in [0.5, 0.6) is 0 Å². The second kappa shape index (κ2) is 4.78. The molecule has 3 nitrogen and oxygen atoms in total. The molecule has 1 aliphatic heterocycles. The molecule has 0 saturated heterocycles. The van der Waals surface area contributed by atoms with Crippen LogP contribution in [-0.4, -0.2) is 18.2 Å². The van der Waals surface area contributed by atoms with Gasteiger partial charge >= 0.3 is 5.97 Å². The Morgan fingerprint density at radius 2 is 1.71 bits per heavy atom. The van der Waals surface area contributed by atoms with Gasteiger partial charge in [0.15, 0.2) is 0 Å². The number of allylic oxidation sites excluding steroid dienone is 3. The molecule has 0 aromatic carbocycles. The van der Waals surface area contributed by atoms with Crippen molar-refractivity contribution in [3.63, 3.8) is 0 Å². The normalized spacial score (nSPS) is 33.1. The number of rotatable bonds is 0. The molecule has 0 amide bonds. The van der Waals surface area contributed by atoms with Crippen molar-refractivity contribution in [3.8, 4) is 0 Å². The van der Waals surface area contributed by atoms with Gasteiger partial charge in [-0.2, -0.15) is 0 Å². The van der Waals surface area contributed by atoms with Crippen LogP contribution in [0, 0.1) is 5.92 Å². The minimum atomic E-state index is -0.297. The van der Waals surface area contributed by atoms with Crippen molar-refractivity contribution in [3.05, 3.63) is 35.6 Å². The van der Waals surface area contributed by atoms with E-state index in [4.69, 9.17) is 9.47 Å². The van der Waals surface area contributed by atoms with E-state index in [9.17, 15) is 4.79 Å². The monoisotopic (exact) mass is 234 g/mol. The molecule has 17 heavy (non-hydrogen) atoms. The van der Waals surface area contributed by atoms with Crippen molar-refractivity contribution in [2.75, 3.05) is 0 Å². The predicted molar refractivity (Wildman–Crippen MR) is 65.2 cm³/mol. The van der Waals surface area contributed by atoms with Gasteiger partial charge in [-0.3, -0.25) is 0 Å². The lowest BCUT2D eigenvalue weighted by molar-refractivity contribution is -0.145. The second-order valence-electron chi connectivity index (χ2n) is 4.74. The molecule has 2 aliphatic rings. The van der Waals surface area contributed by atoms with Crippen LogP contribution in [0.15, 0.2) is 35.6 Å². The van der Waals surface area contributed by atoms with Crippen LogP contribution in [0.1, 0.15) is 27.2 Å². The highest BCUT2D eigenvalue weighted by molar-refractivity contribution is 5.93. The van der Waals surface area contributed by atoms with E-state index in [1.165, 1.54) is 0 Å². The van der Waals surface area contributed by atoms with E-state index in [0.717, 1.165) is 6.42 Å². The summed E-state index contributed by atoms with van der Waals surface area (Å²) in [4.78, 5) is 11.9. The Morgan fingerprint density at radius 3 is 2.47 bits per heavy atom. The molecule has 1 unspecified atom stereocenters. The van der Waals surface area contributed by atoms with Crippen molar-refractivity contribution in [2.45, 2.75) is 39.4 Å². The quantitative estimate of drug-likeness (QED) is 0.604. The molecule has 1 aliphatic carbocycles. The van der Waals surface area contributed by atoms with E-state index in [1.807, 2.05) is 32.1 Å². The van der Waals surface area contributed by atoms with E-state index in [1.54, 1.807) is 6.08 Å². The van der Waals surface area contributed by atoms with Gasteiger partial charge in [0.1, 0.15) is 17.4 Å². The first kappa shape index (κ1) is 12.0. The second-order valence-corrected chi connectivity index (χ2v) is 4.74. The lowest BCUT2D eigenvalue weighted by atomic mass is 10.1. The van der Waals surface area contributed by atoms with Crippen LogP contribution in [-0.2, 0) is 14.3 Å². The summed E-state index contributed by atoms with van der Waals surface area (Å²) in [5, 5.41) is 0.